The maximum atomic E-state index is 14.8. The summed E-state index contributed by atoms with van der Waals surface area (Å²) in [4.78, 5) is 14.4. The van der Waals surface area contributed by atoms with Crippen molar-refractivity contribution in [1.82, 2.24) is 9.62 Å². The van der Waals surface area contributed by atoms with Crippen LogP contribution in [0, 0.1) is 17.6 Å². The summed E-state index contributed by atoms with van der Waals surface area (Å²) in [6.07, 6.45) is 1.12. The predicted octanol–water partition coefficient (Wildman–Crippen LogP) is 5.37. The van der Waals surface area contributed by atoms with Gasteiger partial charge in [0.05, 0.1) is 24.0 Å². The Hall–Kier alpha value is -2.73. The standard InChI is InChI=1S/C27H29F5N2O4S/c1-39(36,37)33-26(35)22-11-21(16-2-3-16)25(12-24(22)29)38-14-15-8-19-5-6-20(9-15)34(19)13-17-10-18(27(30,31)32)4-7-23(17)28/h4,7,10-12,15-16,19-20H,2-3,5-6,8-9,13-14H2,1H3,(H,33,35)/t15?,19-,20+. The molecule has 39 heavy (non-hydrogen) atoms. The van der Waals surface area contributed by atoms with Crippen molar-refractivity contribution >= 4 is 15.9 Å². The van der Waals surface area contributed by atoms with Crippen molar-refractivity contribution in [3.05, 3.63) is 64.2 Å². The van der Waals surface area contributed by atoms with Gasteiger partial charge in [0.25, 0.3) is 5.91 Å². The zero-order valence-electron chi connectivity index (χ0n) is 21.2. The first-order chi connectivity index (χ1) is 18.3. The number of amides is 1. The van der Waals surface area contributed by atoms with Crippen LogP contribution < -0.4 is 9.46 Å². The first kappa shape index (κ1) is 27.8. The molecule has 2 saturated heterocycles. The average molecular weight is 573 g/mol. The molecule has 1 aliphatic carbocycles. The van der Waals surface area contributed by atoms with Crippen LogP contribution in [0.25, 0.3) is 0 Å². The van der Waals surface area contributed by atoms with Crippen LogP contribution >= 0.6 is 0 Å². The molecule has 1 amide bonds. The Balaban J connectivity index is 1.25. The van der Waals surface area contributed by atoms with Gasteiger partial charge in [0.1, 0.15) is 17.4 Å². The van der Waals surface area contributed by atoms with E-state index in [4.69, 9.17) is 4.74 Å². The van der Waals surface area contributed by atoms with Crippen LogP contribution in [0.5, 0.6) is 5.75 Å². The summed E-state index contributed by atoms with van der Waals surface area (Å²) < 4.78 is 99.2. The number of sulfonamides is 1. The van der Waals surface area contributed by atoms with Gasteiger partial charge in [0, 0.05) is 30.3 Å². The molecule has 2 aliphatic heterocycles. The van der Waals surface area contributed by atoms with Crippen molar-refractivity contribution in [2.75, 3.05) is 12.9 Å². The molecule has 212 valence electrons. The third-order valence-electron chi connectivity index (χ3n) is 7.82. The van der Waals surface area contributed by atoms with Crippen LogP contribution in [0.3, 0.4) is 0 Å². The van der Waals surface area contributed by atoms with Gasteiger partial charge in [0.15, 0.2) is 0 Å². The number of benzene rings is 2. The molecule has 1 unspecified atom stereocenters. The number of carbonyl (C=O) groups is 1. The molecule has 3 atom stereocenters. The lowest BCUT2D eigenvalue weighted by Gasteiger charge is -2.39. The maximum Gasteiger partial charge on any atom is 0.416 e. The number of nitrogens with zero attached hydrogens (tertiary/aromatic N) is 1. The summed E-state index contributed by atoms with van der Waals surface area (Å²) in [6, 6.07) is 5.15. The lowest BCUT2D eigenvalue weighted by molar-refractivity contribution is -0.137. The fraction of sp³-hybridized carbons (Fsp3) is 0.519. The van der Waals surface area contributed by atoms with Gasteiger partial charge in [-0.3, -0.25) is 9.69 Å². The van der Waals surface area contributed by atoms with E-state index in [9.17, 15) is 35.2 Å². The van der Waals surface area contributed by atoms with Gasteiger partial charge in [0.2, 0.25) is 10.0 Å². The third kappa shape index (κ3) is 6.37. The summed E-state index contributed by atoms with van der Waals surface area (Å²) in [5.74, 6) is -2.03. The SMILES string of the molecule is CS(=O)(=O)NC(=O)c1cc(C2CC2)c(OCC2C[C@H]3CC[C@@H](C2)N3Cc2cc(C(F)(F)F)ccc2F)cc1F. The molecule has 2 bridgehead atoms. The molecule has 12 heteroatoms. The zero-order chi connectivity index (χ0) is 28.1. The Kier molecular flexibility index (Phi) is 7.38. The summed E-state index contributed by atoms with van der Waals surface area (Å²) in [7, 11) is -3.85. The van der Waals surface area contributed by atoms with Crippen molar-refractivity contribution in [3.63, 3.8) is 0 Å². The molecule has 0 radical (unpaired) electrons. The molecule has 0 spiro atoms. The molecule has 3 fully saturated rings. The Morgan fingerprint density at radius 3 is 2.28 bits per heavy atom. The first-order valence-electron chi connectivity index (χ1n) is 12.9. The quantitative estimate of drug-likeness (QED) is 0.431. The van der Waals surface area contributed by atoms with E-state index in [2.05, 4.69) is 4.90 Å². The number of nitrogens with one attached hydrogen (secondary N) is 1. The Morgan fingerprint density at radius 1 is 1.03 bits per heavy atom. The highest BCUT2D eigenvalue weighted by molar-refractivity contribution is 7.89. The molecular weight excluding hydrogens is 543 g/mol. The van der Waals surface area contributed by atoms with E-state index in [1.807, 2.05) is 0 Å². The van der Waals surface area contributed by atoms with Gasteiger partial charge >= 0.3 is 6.18 Å². The van der Waals surface area contributed by atoms with Crippen LogP contribution in [-0.4, -0.2) is 44.2 Å². The minimum atomic E-state index is -4.54. The third-order valence-corrected chi connectivity index (χ3v) is 8.38. The molecule has 1 saturated carbocycles. The monoisotopic (exact) mass is 572 g/mol. The van der Waals surface area contributed by atoms with E-state index in [0.717, 1.165) is 56.2 Å². The van der Waals surface area contributed by atoms with E-state index in [1.165, 1.54) is 6.07 Å². The van der Waals surface area contributed by atoms with Gasteiger partial charge in [-0.25, -0.2) is 21.9 Å². The number of fused-ring (bicyclic) bond motifs is 2. The summed E-state index contributed by atoms with van der Waals surface area (Å²) in [6.45, 7) is 0.402. The largest absolute Gasteiger partial charge is 0.493 e. The van der Waals surface area contributed by atoms with Crippen LogP contribution in [0.2, 0.25) is 0 Å². The molecule has 2 aromatic rings. The van der Waals surface area contributed by atoms with Gasteiger partial charge in [-0.05, 0) is 80.2 Å². The Labute approximate surface area is 223 Å². The van der Waals surface area contributed by atoms with E-state index in [-0.39, 0.29) is 41.6 Å². The highest BCUT2D eigenvalue weighted by Gasteiger charge is 2.41. The second-order valence-electron chi connectivity index (χ2n) is 10.9. The fourth-order valence-corrected chi connectivity index (χ4v) is 6.31. The number of carbonyl (C=O) groups excluding carboxylic acids is 1. The second-order valence-corrected chi connectivity index (χ2v) is 12.6. The highest BCUT2D eigenvalue weighted by atomic mass is 32.2. The highest BCUT2D eigenvalue weighted by Crippen LogP contribution is 2.46. The van der Waals surface area contributed by atoms with E-state index in [0.29, 0.717) is 30.8 Å². The van der Waals surface area contributed by atoms with Crippen LogP contribution in [0.1, 0.15) is 71.5 Å². The summed E-state index contributed by atoms with van der Waals surface area (Å²) in [5.41, 5.74) is -0.535. The summed E-state index contributed by atoms with van der Waals surface area (Å²) >= 11 is 0. The average Bonchev–Trinajstić information content (AvgIpc) is 3.64. The number of hydrogen-bond donors (Lipinski definition) is 1. The maximum absolute atomic E-state index is 14.8. The lowest BCUT2D eigenvalue weighted by Crippen LogP contribution is -2.43. The van der Waals surface area contributed by atoms with Crippen molar-refractivity contribution < 1.29 is 39.9 Å². The molecule has 3 aliphatic rings. The van der Waals surface area contributed by atoms with Gasteiger partial charge in [-0.2, -0.15) is 13.2 Å². The fourth-order valence-electron chi connectivity index (χ4n) is 5.87. The van der Waals surface area contributed by atoms with Gasteiger partial charge in [-0.15, -0.1) is 0 Å². The van der Waals surface area contributed by atoms with Gasteiger partial charge < -0.3 is 4.74 Å². The number of piperidine rings is 1. The Bertz CT molecular complexity index is 1360. The van der Waals surface area contributed by atoms with Crippen molar-refractivity contribution in [2.24, 2.45) is 5.92 Å². The zero-order valence-corrected chi connectivity index (χ0v) is 22.0. The minimum absolute atomic E-state index is 0.0287. The van der Waals surface area contributed by atoms with Crippen molar-refractivity contribution in [2.45, 2.75) is 69.2 Å². The van der Waals surface area contributed by atoms with E-state index >= 15 is 0 Å². The molecule has 6 nitrogen and oxygen atoms in total. The number of alkyl halides is 3. The van der Waals surface area contributed by atoms with E-state index in [1.54, 1.807) is 4.72 Å². The summed E-state index contributed by atoms with van der Waals surface area (Å²) in [5, 5.41) is 0. The smallest absolute Gasteiger partial charge is 0.416 e. The van der Waals surface area contributed by atoms with Crippen molar-refractivity contribution in [1.29, 1.82) is 0 Å². The molecule has 5 rings (SSSR count). The van der Waals surface area contributed by atoms with Crippen LogP contribution in [-0.2, 0) is 22.7 Å². The normalized spacial score (nSPS) is 23.6. The van der Waals surface area contributed by atoms with Crippen LogP contribution in [0.4, 0.5) is 22.0 Å². The topological polar surface area (TPSA) is 75.7 Å². The second kappa shape index (κ2) is 10.3. The number of hydrogen-bond acceptors (Lipinski definition) is 5. The number of rotatable bonds is 8. The molecule has 0 aromatic heterocycles. The molecule has 2 aromatic carbocycles. The number of ether oxygens (including phenoxy) is 1. The molecular formula is C27H29F5N2O4S. The first-order valence-corrected chi connectivity index (χ1v) is 14.8. The van der Waals surface area contributed by atoms with Crippen molar-refractivity contribution in [3.8, 4) is 5.75 Å². The Morgan fingerprint density at radius 2 is 1.69 bits per heavy atom. The van der Waals surface area contributed by atoms with Gasteiger partial charge in [-0.1, -0.05) is 0 Å². The van der Waals surface area contributed by atoms with Crippen LogP contribution in [0.15, 0.2) is 30.3 Å². The number of halogens is 5. The lowest BCUT2D eigenvalue weighted by atomic mass is 9.90. The predicted molar refractivity (Wildman–Crippen MR) is 133 cm³/mol. The van der Waals surface area contributed by atoms with E-state index < -0.39 is 39.3 Å². The minimum Gasteiger partial charge on any atom is -0.493 e. The molecule has 1 N–H and O–H groups in total. The molecule has 2 heterocycles.